The molecule has 0 aliphatic heterocycles. The summed E-state index contributed by atoms with van der Waals surface area (Å²) in [6, 6.07) is 2.55. The molecule has 0 saturated heterocycles. The summed E-state index contributed by atoms with van der Waals surface area (Å²) in [5, 5.41) is 8.71. The van der Waals surface area contributed by atoms with E-state index in [0.717, 1.165) is 12.1 Å². The highest BCUT2D eigenvalue weighted by Gasteiger charge is 2.28. The van der Waals surface area contributed by atoms with Crippen LogP contribution < -0.4 is 0 Å². The monoisotopic (exact) mass is 285 g/mol. The zero-order valence-corrected chi connectivity index (χ0v) is 11.6. The number of hydrogen-bond acceptors (Lipinski definition) is 2. The van der Waals surface area contributed by atoms with Crippen molar-refractivity contribution in [2.24, 2.45) is 0 Å². The smallest absolute Gasteiger partial charge is 0.305 e. The first-order valence-electron chi connectivity index (χ1n) is 6.11. The van der Waals surface area contributed by atoms with Crippen molar-refractivity contribution in [1.82, 2.24) is 4.90 Å². The summed E-state index contributed by atoms with van der Waals surface area (Å²) >= 11 is 0. The van der Waals surface area contributed by atoms with Gasteiger partial charge in [-0.15, -0.1) is 0 Å². The average Bonchev–Trinajstić information content (AvgIpc) is 2.25. The standard InChI is InChI=1S/C14H17F2NO3/c1-14(2,3)17(5-4-12(18)19)13(20)9-6-10(15)8-11(16)7-9/h6-8H,4-5H2,1-3H3,(H,18,19). The largest absolute Gasteiger partial charge is 0.481 e. The molecule has 110 valence electrons. The number of rotatable bonds is 4. The van der Waals surface area contributed by atoms with Gasteiger partial charge >= 0.3 is 5.97 Å². The molecule has 0 bridgehead atoms. The molecule has 6 heteroatoms. The highest BCUT2D eigenvalue weighted by molar-refractivity contribution is 5.94. The fourth-order valence-electron chi connectivity index (χ4n) is 1.78. The van der Waals surface area contributed by atoms with Crippen molar-refractivity contribution in [3.05, 3.63) is 35.4 Å². The van der Waals surface area contributed by atoms with Crippen molar-refractivity contribution < 1.29 is 23.5 Å². The number of carbonyl (C=O) groups is 2. The van der Waals surface area contributed by atoms with Gasteiger partial charge in [0, 0.05) is 23.7 Å². The quantitative estimate of drug-likeness (QED) is 0.925. The summed E-state index contributed by atoms with van der Waals surface area (Å²) in [7, 11) is 0. The lowest BCUT2D eigenvalue weighted by molar-refractivity contribution is -0.137. The first-order valence-corrected chi connectivity index (χ1v) is 6.11. The lowest BCUT2D eigenvalue weighted by atomic mass is 10.0. The van der Waals surface area contributed by atoms with Gasteiger partial charge in [-0.3, -0.25) is 9.59 Å². The number of carboxylic acid groups (broad SMARTS) is 1. The van der Waals surface area contributed by atoms with Crippen LogP contribution in [0.4, 0.5) is 8.78 Å². The van der Waals surface area contributed by atoms with Gasteiger partial charge in [-0.05, 0) is 32.9 Å². The second kappa shape index (κ2) is 5.98. The van der Waals surface area contributed by atoms with E-state index in [1.807, 2.05) is 0 Å². The predicted octanol–water partition coefficient (Wildman–Crippen LogP) is 2.68. The molecule has 1 amide bonds. The van der Waals surface area contributed by atoms with Crippen LogP contribution in [0.3, 0.4) is 0 Å². The van der Waals surface area contributed by atoms with Gasteiger partial charge in [0.15, 0.2) is 0 Å². The fourth-order valence-corrected chi connectivity index (χ4v) is 1.78. The minimum absolute atomic E-state index is 0.0319. The van der Waals surface area contributed by atoms with E-state index >= 15 is 0 Å². The molecule has 4 nitrogen and oxygen atoms in total. The second-order valence-electron chi connectivity index (χ2n) is 5.43. The van der Waals surface area contributed by atoms with Crippen LogP contribution in [-0.2, 0) is 4.79 Å². The summed E-state index contributed by atoms with van der Waals surface area (Å²) in [4.78, 5) is 24.2. The Balaban J connectivity index is 3.06. The van der Waals surface area contributed by atoms with Crippen molar-refractivity contribution in [2.75, 3.05) is 6.54 Å². The van der Waals surface area contributed by atoms with E-state index < -0.39 is 29.0 Å². The Labute approximate surface area is 116 Å². The zero-order chi connectivity index (χ0) is 15.5. The van der Waals surface area contributed by atoms with E-state index in [1.54, 1.807) is 20.8 Å². The van der Waals surface area contributed by atoms with Crippen molar-refractivity contribution in [2.45, 2.75) is 32.7 Å². The third-order valence-electron chi connectivity index (χ3n) is 2.71. The number of halogens is 2. The summed E-state index contributed by atoms with van der Waals surface area (Å²) in [5.74, 6) is -3.34. The topological polar surface area (TPSA) is 57.6 Å². The van der Waals surface area contributed by atoms with E-state index in [9.17, 15) is 18.4 Å². The highest BCUT2D eigenvalue weighted by atomic mass is 19.1. The van der Waals surface area contributed by atoms with E-state index in [0.29, 0.717) is 6.07 Å². The van der Waals surface area contributed by atoms with E-state index in [-0.39, 0.29) is 18.5 Å². The molecular formula is C14H17F2NO3. The van der Waals surface area contributed by atoms with E-state index in [4.69, 9.17) is 5.11 Å². The van der Waals surface area contributed by atoms with Crippen LogP contribution in [0.15, 0.2) is 18.2 Å². The van der Waals surface area contributed by atoms with Gasteiger partial charge in [-0.2, -0.15) is 0 Å². The van der Waals surface area contributed by atoms with Crippen molar-refractivity contribution >= 4 is 11.9 Å². The normalized spacial score (nSPS) is 11.2. The SMILES string of the molecule is CC(C)(C)N(CCC(=O)O)C(=O)c1cc(F)cc(F)c1. The molecule has 0 aliphatic carbocycles. The predicted molar refractivity (Wildman–Crippen MR) is 69.4 cm³/mol. The Morgan fingerprint density at radius 2 is 1.65 bits per heavy atom. The molecule has 1 rings (SSSR count). The number of carboxylic acids is 1. The molecule has 20 heavy (non-hydrogen) atoms. The molecule has 0 spiro atoms. The second-order valence-corrected chi connectivity index (χ2v) is 5.43. The van der Waals surface area contributed by atoms with Gasteiger partial charge in [0.1, 0.15) is 11.6 Å². The lowest BCUT2D eigenvalue weighted by Crippen LogP contribution is -2.46. The number of aliphatic carboxylic acids is 1. The van der Waals surface area contributed by atoms with Crippen LogP contribution in [0, 0.1) is 11.6 Å². The van der Waals surface area contributed by atoms with Crippen LogP contribution >= 0.6 is 0 Å². The van der Waals surface area contributed by atoms with Gasteiger partial charge in [-0.25, -0.2) is 8.78 Å². The molecule has 1 aromatic rings. The molecule has 1 N–H and O–H groups in total. The summed E-state index contributed by atoms with van der Waals surface area (Å²) < 4.78 is 26.3. The van der Waals surface area contributed by atoms with Gasteiger partial charge in [0.05, 0.1) is 6.42 Å². The summed E-state index contributed by atoms with van der Waals surface area (Å²) in [6.07, 6.45) is -0.235. The number of benzene rings is 1. The molecular weight excluding hydrogens is 268 g/mol. The number of carbonyl (C=O) groups excluding carboxylic acids is 1. The number of nitrogens with zero attached hydrogens (tertiary/aromatic N) is 1. The van der Waals surface area contributed by atoms with Gasteiger partial charge in [0.2, 0.25) is 0 Å². The molecule has 0 unspecified atom stereocenters. The van der Waals surface area contributed by atoms with Crippen LogP contribution in [0.2, 0.25) is 0 Å². The Morgan fingerprint density at radius 3 is 2.05 bits per heavy atom. The fraction of sp³-hybridized carbons (Fsp3) is 0.429. The Bertz CT molecular complexity index is 503. The lowest BCUT2D eigenvalue weighted by Gasteiger charge is -2.35. The molecule has 0 radical (unpaired) electrons. The zero-order valence-electron chi connectivity index (χ0n) is 11.6. The van der Waals surface area contributed by atoms with E-state index in [1.165, 1.54) is 4.90 Å². The minimum Gasteiger partial charge on any atom is -0.481 e. The third-order valence-corrected chi connectivity index (χ3v) is 2.71. The van der Waals surface area contributed by atoms with E-state index in [2.05, 4.69) is 0 Å². The van der Waals surface area contributed by atoms with Crippen LogP contribution in [0.25, 0.3) is 0 Å². The maximum Gasteiger partial charge on any atom is 0.305 e. The van der Waals surface area contributed by atoms with Crippen molar-refractivity contribution in [3.8, 4) is 0 Å². The maximum absolute atomic E-state index is 13.2. The van der Waals surface area contributed by atoms with Crippen LogP contribution in [0.1, 0.15) is 37.6 Å². The first kappa shape index (κ1) is 16.1. The molecule has 0 heterocycles. The summed E-state index contributed by atoms with van der Waals surface area (Å²) in [6.45, 7) is 5.14. The van der Waals surface area contributed by atoms with Crippen molar-refractivity contribution in [3.63, 3.8) is 0 Å². The van der Waals surface area contributed by atoms with Crippen LogP contribution in [0.5, 0.6) is 0 Å². The van der Waals surface area contributed by atoms with Gasteiger partial charge < -0.3 is 10.0 Å². The molecule has 0 fully saturated rings. The Morgan fingerprint density at radius 1 is 1.15 bits per heavy atom. The van der Waals surface area contributed by atoms with Gasteiger partial charge in [0.25, 0.3) is 5.91 Å². The van der Waals surface area contributed by atoms with Crippen molar-refractivity contribution in [1.29, 1.82) is 0 Å². The Kier molecular flexibility index (Phi) is 4.81. The number of hydrogen-bond donors (Lipinski definition) is 1. The maximum atomic E-state index is 13.2. The molecule has 0 aliphatic rings. The molecule has 0 atom stereocenters. The highest BCUT2D eigenvalue weighted by Crippen LogP contribution is 2.19. The minimum atomic E-state index is -1.04. The van der Waals surface area contributed by atoms with Crippen LogP contribution in [-0.4, -0.2) is 34.0 Å². The molecule has 1 aromatic carbocycles. The average molecular weight is 285 g/mol. The van der Waals surface area contributed by atoms with Gasteiger partial charge in [-0.1, -0.05) is 0 Å². The first-order chi connectivity index (χ1) is 9.11. The Hall–Kier alpha value is -1.98. The number of amides is 1. The summed E-state index contributed by atoms with van der Waals surface area (Å²) in [5.41, 5.74) is -0.794. The molecule has 0 saturated carbocycles. The molecule has 0 aromatic heterocycles. The third kappa shape index (κ3) is 4.29.